The standard InChI is InChI=1S/C10H10ClFN2O/c1-5(13)2-10-14-8-3-6(11)7(12)4-9(8)15-10/h3-5H,2,13H2,1H3. The Labute approximate surface area is 91.0 Å². The molecule has 1 aromatic heterocycles. The van der Waals surface area contributed by atoms with Crippen LogP contribution in [0, 0.1) is 5.82 Å². The van der Waals surface area contributed by atoms with Gasteiger partial charge in [0.05, 0.1) is 5.02 Å². The molecule has 1 unspecified atom stereocenters. The smallest absolute Gasteiger partial charge is 0.197 e. The van der Waals surface area contributed by atoms with Gasteiger partial charge in [0.25, 0.3) is 0 Å². The van der Waals surface area contributed by atoms with Crippen LogP contribution in [0.15, 0.2) is 16.5 Å². The summed E-state index contributed by atoms with van der Waals surface area (Å²) in [6.07, 6.45) is 0.522. The summed E-state index contributed by atoms with van der Waals surface area (Å²) in [6.45, 7) is 1.85. The van der Waals surface area contributed by atoms with Gasteiger partial charge in [-0.05, 0) is 13.0 Å². The van der Waals surface area contributed by atoms with Gasteiger partial charge in [-0.2, -0.15) is 0 Å². The topological polar surface area (TPSA) is 52.0 Å². The van der Waals surface area contributed by atoms with E-state index in [4.69, 9.17) is 21.8 Å². The van der Waals surface area contributed by atoms with Crippen LogP contribution < -0.4 is 5.73 Å². The van der Waals surface area contributed by atoms with E-state index in [-0.39, 0.29) is 11.1 Å². The molecule has 0 saturated carbocycles. The van der Waals surface area contributed by atoms with Crippen LogP contribution in [0.2, 0.25) is 5.02 Å². The normalized spacial score (nSPS) is 13.3. The molecule has 1 atom stereocenters. The molecule has 1 heterocycles. The number of fused-ring (bicyclic) bond motifs is 1. The third kappa shape index (κ3) is 2.11. The minimum Gasteiger partial charge on any atom is -0.441 e. The number of benzene rings is 1. The Morgan fingerprint density at radius 3 is 3.00 bits per heavy atom. The third-order valence-electron chi connectivity index (χ3n) is 1.97. The van der Waals surface area contributed by atoms with Crippen LogP contribution in [0.1, 0.15) is 12.8 Å². The fraction of sp³-hybridized carbons (Fsp3) is 0.300. The molecule has 5 heteroatoms. The highest BCUT2D eigenvalue weighted by Crippen LogP contribution is 2.23. The van der Waals surface area contributed by atoms with E-state index in [1.54, 1.807) is 0 Å². The molecule has 15 heavy (non-hydrogen) atoms. The molecule has 0 radical (unpaired) electrons. The molecule has 1 aromatic carbocycles. The van der Waals surface area contributed by atoms with Gasteiger partial charge in [0.15, 0.2) is 11.5 Å². The first-order valence-electron chi connectivity index (χ1n) is 4.56. The Kier molecular flexibility index (Phi) is 2.63. The zero-order valence-corrected chi connectivity index (χ0v) is 8.88. The van der Waals surface area contributed by atoms with Crippen LogP contribution in [0.3, 0.4) is 0 Å². The first-order valence-corrected chi connectivity index (χ1v) is 4.94. The van der Waals surface area contributed by atoms with Crippen molar-refractivity contribution in [3.05, 3.63) is 28.9 Å². The maximum Gasteiger partial charge on any atom is 0.197 e. The van der Waals surface area contributed by atoms with Crippen LogP contribution in [0.4, 0.5) is 4.39 Å². The highest BCUT2D eigenvalue weighted by atomic mass is 35.5. The summed E-state index contributed by atoms with van der Waals surface area (Å²) in [6, 6.07) is 2.63. The molecule has 2 aromatic rings. The molecule has 0 spiro atoms. The fourth-order valence-electron chi connectivity index (χ4n) is 1.33. The van der Waals surface area contributed by atoms with Gasteiger partial charge < -0.3 is 10.2 Å². The molecule has 0 amide bonds. The second kappa shape index (κ2) is 3.79. The van der Waals surface area contributed by atoms with Crippen molar-refractivity contribution in [2.45, 2.75) is 19.4 Å². The van der Waals surface area contributed by atoms with Gasteiger partial charge in [-0.15, -0.1) is 0 Å². The van der Waals surface area contributed by atoms with Crippen molar-refractivity contribution in [3.63, 3.8) is 0 Å². The predicted octanol–water partition coefficient (Wildman–Crippen LogP) is 2.51. The van der Waals surface area contributed by atoms with Crippen LogP contribution in [0.5, 0.6) is 0 Å². The number of nitrogens with zero attached hydrogens (tertiary/aromatic N) is 1. The van der Waals surface area contributed by atoms with Gasteiger partial charge in [0.1, 0.15) is 11.3 Å². The quantitative estimate of drug-likeness (QED) is 0.859. The Balaban J connectivity index is 2.47. The first-order chi connectivity index (χ1) is 7.06. The van der Waals surface area contributed by atoms with Gasteiger partial charge >= 0.3 is 0 Å². The highest BCUT2D eigenvalue weighted by molar-refractivity contribution is 6.31. The maximum atomic E-state index is 13.1. The van der Waals surface area contributed by atoms with Crippen molar-refractivity contribution in [1.82, 2.24) is 4.98 Å². The largest absolute Gasteiger partial charge is 0.441 e. The number of hydrogen-bond donors (Lipinski definition) is 1. The van der Waals surface area contributed by atoms with E-state index in [2.05, 4.69) is 4.98 Å². The van der Waals surface area contributed by atoms with E-state index in [1.807, 2.05) is 6.92 Å². The van der Waals surface area contributed by atoms with Crippen LogP contribution in [-0.4, -0.2) is 11.0 Å². The SMILES string of the molecule is CC(N)Cc1nc2cc(Cl)c(F)cc2o1. The maximum absolute atomic E-state index is 13.1. The molecular formula is C10H10ClFN2O. The Hall–Kier alpha value is -1.13. The average Bonchev–Trinajstić information content (AvgIpc) is 2.46. The van der Waals surface area contributed by atoms with Gasteiger partial charge in [-0.25, -0.2) is 9.37 Å². The summed E-state index contributed by atoms with van der Waals surface area (Å²) < 4.78 is 18.4. The van der Waals surface area contributed by atoms with Gasteiger partial charge in [0, 0.05) is 18.5 Å². The molecule has 2 N–H and O–H groups in total. The number of aromatic nitrogens is 1. The van der Waals surface area contributed by atoms with E-state index >= 15 is 0 Å². The minimum absolute atomic E-state index is 0.0432. The van der Waals surface area contributed by atoms with E-state index < -0.39 is 5.82 Å². The molecule has 0 aliphatic rings. The molecule has 0 saturated heterocycles. The number of hydrogen-bond acceptors (Lipinski definition) is 3. The summed E-state index contributed by atoms with van der Waals surface area (Å²) >= 11 is 5.62. The van der Waals surface area contributed by atoms with Crippen LogP contribution >= 0.6 is 11.6 Å². The number of halogens is 2. The Morgan fingerprint density at radius 1 is 1.60 bits per heavy atom. The van der Waals surface area contributed by atoms with Crippen LogP contribution in [0.25, 0.3) is 11.1 Å². The van der Waals surface area contributed by atoms with Crippen LogP contribution in [-0.2, 0) is 6.42 Å². The van der Waals surface area contributed by atoms with E-state index in [1.165, 1.54) is 12.1 Å². The summed E-state index contributed by atoms with van der Waals surface area (Å²) in [4.78, 5) is 4.16. The molecule has 0 fully saturated rings. The zero-order chi connectivity index (χ0) is 11.0. The molecule has 2 rings (SSSR count). The summed E-state index contributed by atoms with van der Waals surface area (Å²) in [5, 5.41) is 0.0446. The molecule has 0 aliphatic carbocycles. The monoisotopic (exact) mass is 228 g/mol. The van der Waals surface area contributed by atoms with Crippen molar-refractivity contribution in [3.8, 4) is 0 Å². The zero-order valence-electron chi connectivity index (χ0n) is 8.13. The molecule has 3 nitrogen and oxygen atoms in total. The van der Waals surface area contributed by atoms with Crippen molar-refractivity contribution in [2.24, 2.45) is 5.73 Å². The Morgan fingerprint density at radius 2 is 2.33 bits per heavy atom. The second-order valence-electron chi connectivity index (χ2n) is 3.52. The van der Waals surface area contributed by atoms with Crippen molar-refractivity contribution in [2.75, 3.05) is 0 Å². The van der Waals surface area contributed by atoms with Crippen molar-refractivity contribution in [1.29, 1.82) is 0 Å². The summed E-state index contributed by atoms with van der Waals surface area (Å²) in [5.41, 5.74) is 6.55. The van der Waals surface area contributed by atoms with Gasteiger partial charge in [-0.1, -0.05) is 11.6 Å². The number of oxazole rings is 1. The lowest BCUT2D eigenvalue weighted by molar-refractivity contribution is 0.505. The van der Waals surface area contributed by atoms with Crippen molar-refractivity contribution >= 4 is 22.7 Å². The lowest BCUT2D eigenvalue weighted by Crippen LogP contribution is -2.17. The lowest BCUT2D eigenvalue weighted by Gasteiger charge is -1.97. The van der Waals surface area contributed by atoms with E-state index in [9.17, 15) is 4.39 Å². The lowest BCUT2D eigenvalue weighted by atomic mass is 10.2. The summed E-state index contributed by atoms with van der Waals surface area (Å²) in [5.74, 6) is -0.00525. The van der Waals surface area contributed by atoms with E-state index in [0.717, 1.165) is 0 Å². The number of nitrogens with two attached hydrogens (primary N) is 1. The molecular weight excluding hydrogens is 219 g/mol. The van der Waals surface area contributed by atoms with Crippen molar-refractivity contribution < 1.29 is 8.81 Å². The third-order valence-corrected chi connectivity index (χ3v) is 2.26. The molecule has 80 valence electrons. The fourth-order valence-corrected chi connectivity index (χ4v) is 1.49. The van der Waals surface area contributed by atoms with Gasteiger partial charge in [0.2, 0.25) is 0 Å². The minimum atomic E-state index is -0.507. The Bertz CT molecular complexity index is 456. The predicted molar refractivity (Wildman–Crippen MR) is 56.3 cm³/mol. The summed E-state index contributed by atoms with van der Waals surface area (Å²) in [7, 11) is 0. The first kappa shape index (κ1) is 10.4. The molecule has 0 bridgehead atoms. The van der Waals surface area contributed by atoms with Gasteiger partial charge in [-0.3, -0.25) is 0 Å². The number of rotatable bonds is 2. The highest BCUT2D eigenvalue weighted by Gasteiger charge is 2.10. The second-order valence-corrected chi connectivity index (χ2v) is 3.93. The molecule has 0 aliphatic heterocycles. The average molecular weight is 229 g/mol. The van der Waals surface area contributed by atoms with E-state index in [0.29, 0.717) is 23.4 Å².